The third-order valence-electron chi connectivity index (χ3n) is 3.51. The van der Waals surface area contributed by atoms with Gasteiger partial charge in [0.2, 0.25) is 0 Å². The second-order valence-electron chi connectivity index (χ2n) is 4.64. The summed E-state index contributed by atoms with van der Waals surface area (Å²) in [5.41, 5.74) is 1.42. The van der Waals surface area contributed by atoms with Gasteiger partial charge in [-0.25, -0.2) is 0 Å². The van der Waals surface area contributed by atoms with E-state index in [0.29, 0.717) is 11.3 Å². The van der Waals surface area contributed by atoms with Crippen LogP contribution in [0.15, 0.2) is 30.3 Å². The van der Waals surface area contributed by atoms with E-state index in [0.717, 1.165) is 6.54 Å². The third kappa shape index (κ3) is 2.80. The highest BCUT2D eigenvalue weighted by molar-refractivity contribution is 7.81. The Kier molecular flexibility index (Phi) is 4.30. The molecule has 1 aromatic rings. The van der Waals surface area contributed by atoms with E-state index in [2.05, 4.69) is 42.2 Å². The van der Waals surface area contributed by atoms with Gasteiger partial charge in [0, 0.05) is 17.8 Å². The lowest BCUT2D eigenvalue weighted by molar-refractivity contribution is 0.239. The summed E-state index contributed by atoms with van der Waals surface area (Å²) in [5, 5.41) is 0.534. The zero-order valence-corrected chi connectivity index (χ0v) is 10.9. The molecule has 1 aliphatic heterocycles. The molecule has 1 aliphatic rings. The monoisotopic (exact) mass is 235 g/mol. The number of rotatable bonds is 4. The van der Waals surface area contributed by atoms with Gasteiger partial charge >= 0.3 is 0 Å². The lowest BCUT2D eigenvalue weighted by atomic mass is 10.1. The van der Waals surface area contributed by atoms with Crippen LogP contribution in [0.4, 0.5) is 0 Å². The molecule has 0 aliphatic carbocycles. The zero-order chi connectivity index (χ0) is 11.4. The molecule has 0 bridgehead atoms. The average molecular weight is 235 g/mol. The van der Waals surface area contributed by atoms with Crippen molar-refractivity contribution in [1.29, 1.82) is 0 Å². The van der Waals surface area contributed by atoms with Gasteiger partial charge in [-0.05, 0) is 31.4 Å². The molecular weight excluding hydrogens is 214 g/mol. The summed E-state index contributed by atoms with van der Waals surface area (Å²) in [6, 6.07) is 11.4. The Morgan fingerprint density at radius 1 is 1.38 bits per heavy atom. The first-order valence-electron chi connectivity index (χ1n) is 6.27. The molecule has 0 N–H and O–H groups in total. The Labute approximate surface area is 104 Å². The Bertz CT molecular complexity index is 312. The smallest absolute Gasteiger partial charge is 0.0237 e. The van der Waals surface area contributed by atoms with Crippen LogP contribution in [0, 0.1) is 0 Å². The summed E-state index contributed by atoms with van der Waals surface area (Å²) in [4.78, 5) is 2.59. The SMILES string of the molecule is CC[C@H](S)[C@@H]1CCCN1Cc1ccccc1. The summed E-state index contributed by atoms with van der Waals surface area (Å²) in [7, 11) is 0. The van der Waals surface area contributed by atoms with Gasteiger partial charge in [-0.3, -0.25) is 4.90 Å². The van der Waals surface area contributed by atoms with Gasteiger partial charge < -0.3 is 0 Å². The Morgan fingerprint density at radius 2 is 2.12 bits per heavy atom. The molecule has 2 heteroatoms. The number of nitrogens with zero attached hydrogens (tertiary/aromatic N) is 1. The first kappa shape index (κ1) is 12.0. The van der Waals surface area contributed by atoms with Crippen molar-refractivity contribution in [2.45, 2.75) is 44.0 Å². The van der Waals surface area contributed by atoms with Crippen molar-refractivity contribution in [3.05, 3.63) is 35.9 Å². The largest absolute Gasteiger partial charge is 0.295 e. The molecule has 2 atom stereocenters. The van der Waals surface area contributed by atoms with Crippen LogP contribution in [-0.2, 0) is 6.54 Å². The molecule has 0 unspecified atom stereocenters. The van der Waals surface area contributed by atoms with Gasteiger partial charge in [-0.15, -0.1) is 0 Å². The lowest BCUT2D eigenvalue weighted by Crippen LogP contribution is -2.35. The predicted octanol–water partition coefficient (Wildman–Crippen LogP) is 3.36. The zero-order valence-electron chi connectivity index (χ0n) is 9.97. The van der Waals surface area contributed by atoms with Gasteiger partial charge in [-0.2, -0.15) is 12.6 Å². The second-order valence-corrected chi connectivity index (χ2v) is 5.30. The van der Waals surface area contributed by atoms with E-state index in [9.17, 15) is 0 Å². The molecule has 0 spiro atoms. The molecule has 88 valence electrons. The average Bonchev–Trinajstić information content (AvgIpc) is 2.77. The minimum atomic E-state index is 0.534. The van der Waals surface area contributed by atoms with Crippen molar-refractivity contribution < 1.29 is 0 Å². The number of benzene rings is 1. The summed E-state index contributed by atoms with van der Waals surface area (Å²) in [6.45, 7) is 4.55. The number of hydrogen-bond donors (Lipinski definition) is 1. The quantitative estimate of drug-likeness (QED) is 0.783. The van der Waals surface area contributed by atoms with E-state index < -0.39 is 0 Å². The van der Waals surface area contributed by atoms with E-state index in [-0.39, 0.29) is 0 Å². The molecule has 0 radical (unpaired) electrons. The van der Waals surface area contributed by atoms with Gasteiger partial charge in [-0.1, -0.05) is 37.3 Å². The van der Waals surface area contributed by atoms with Crippen LogP contribution in [0.1, 0.15) is 31.7 Å². The van der Waals surface area contributed by atoms with Crippen LogP contribution in [-0.4, -0.2) is 22.7 Å². The maximum atomic E-state index is 4.71. The van der Waals surface area contributed by atoms with Crippen molar-refractivity contribution in [3.8, 4) is 0 Å². The summed E-state index contributed by atoms with van der Waals surface area (Å²) < 4.78 is 0. The van der Waals surface area contributed by atoms with Gasteiger partial charge in [0.05, 0.1) is 0 Å². The standard InChI is InChI=1S/C14H21NS/c1-2-14(16)13-9-6-10-15(13)11-12-7-4-3-5-8-12/h3-5,7-8,13-14,16H,2,6,9-11H2,1H3/t13-,14-/m0/s1. The minimum absolute atomic E-state index is 0.534. The minimum Gasteiger partial charge on any atom is -0.295 e. The van der Waals surface area contributed by atoms with Crippen LogP contribution < -0.4 is 0 Å². The topological polar surface area (TPSA) is 3.24 Å². The van der Waals surface area contributed by atoms with Crippen LogP contribution in [0.3, 0.4) is 0 Å². The Balaban J connectivity index is 1.99. The molecule has 1 nitrogen and oxygen atoms in total. The molecular formula is C14H21NS. The van der Waals surface area contributed by atoms with Crippen LogP contribution in [0.5, 0.6) is 0 Å². The molecule has 1 saturated heterocycles. The number of hydrogen-bond acceptors (Lipinski definition) is 2. The van der Waals surface area contributed by atoms with Crippen molar-refractivity contribution in [2.75, 3.05) is 6.54 Å². The Hall–Kier alpha value is -0.470. The molecule has 2 rings (SSSR count). The Morgan fingerprint density at radius 3 is 2.81 bits per heavy atom. The molecule has 0 amide bonds. The molecule has 1 heterocycles. The van der Waals surface area contributed by atoms with Crippen LogP contribution in [0.25, 0.3) is 0 Å². The summed E-state index contributed by atoms with van der Waals surface area (Å²) >= 11 is 4.71. The van der Waals surface area contributed by atoms with Crippen molar-refractivity contribution in [2.24, 2.45) is 0 Å². The van der Waals surface area contributed by atoms with Gasteiger partial charge in [0.1, 0.15) is 0 Å². The molecule has 1 fully saturated rings. The van der Waals surface area contributed by atoms with E-state index in [1.54, 1.807) is 0 Å². The van der Waals surface area contributed by atoms with E-state index in [1.165, 1.54) is 31.4 Å². The first-order chi connectivity index (χ1) is 7.81. The predicted molar refractivity (Wildman–Crippen MR) is 72.9 cm³/mol. The van der Waals surface area contributed by atoms with E-state index >= 15 is 0 Å². The van der Waals surface area contributed by atoms with Gasteiger partial charge in [0.25, 0.3) is 0 Å². The van der Waals surface area contributed by atoms with Crippen molar-refractivity contribution in [1.82, 2.24) is 4.90 Å². The number of thiol groups is 1. The third-order valence-corrected chi connectivity index (χ3v) is 4.21. The molecule has 0 saturated carbocycles. The van der Waals surface area contributed by atoms with Crippen molar-refractivity contribution in [3.63, 3.8) is 0 Å². The van der Waals surface area contributed by atoms with E-state index in [1.807, 2.05) is 0 Å². The molecule has 0 aromatic heterocycles. The fraction of sp³-hybridized carbons (Fsp3) is 0.571. The maximum absolute atomic E-state index is 4.71. The van der Waals surface area contributed by atoms with Crippen LogP contribution in [0.2, 0.25) is 0 Å². The highest BCUT2D eigenvalue weighted by Crippen LogP contribution is 2.26. The van der Waals surface area contributed by atoms with E-state index in [4.69, 9.17) is 12.6 Å². The fourth-order valence-electron chi connectivity index (χ4n) is 2.57. The van der Waals surface area contributed by atoms with Crippen molar-refractivity contribution >= 4 is 12.6 Å². The van der Waals surface area contributed by atoms with Crippen LogP contribution >= 0.6 is 12.6 Å². The summed E-state index contributed by atoms with van der Waals surface area (Å²) in [6.07, 6.45) is 3.81. The molecule has 1 aromatic carbocycles. The highest BCUT2D eigenvalue weighted by atomic mass is 32.1. The fourth-order valence-corrected chi connectivity index (χ4v) is 2.91. The normalized spacial score (nSPS) is 23.5. The van der Waals surface area contributed by atoms with Gasteiger partial charge in [0.15, 0.2) is 0 Å². The maximum Gasteiger partial charge on any atom is 0.0237 e. The first-order valence-corrected chi connectivity index (χ1v) is 6.79. The highest BCUT2D eigenvalue weighted by Gasteiger charge is 2.28. The summed E-state index contributed by atoms with van der Waals surface area (Å²) in [5.74, 6) is 0. The molecule has 16 heavy (non-hydrogen) atoms. The second kappa shape index (κ2) is 5.74. The lowest BCUT2D eigenvalue weighted by Gasteiger charge is -2.28. The number of likely N-dealkylation sites (tertiary alicyclic amines) is 1.